The van der Waals surface area contributed by atoms with Gasteiger partial charge in [0.05, 0.1) is 0 Å². The normalized spacial score (nSPS) is 15.2. The lowest BCUT2D eigenvalue weighted by atomic mass is 10.3. The van der Waals surface area contributed by atoms with E-state index in [1.165, 1.54) is 26.2 Å². The highest BCUT2D eigenvalue weighted by Crippen LogP contribution is 2.24. The minimum Gasteiger partial charge on any atom is -0.457 e. The van der Waals surface area contributed by atoms with Crippen LogP contribution in [0.1, 0.15) is 0 Å². The lowest BCUT2D eigenvalue weighted by Crippen LogP contribution is -2.48. The molecular weight excluding hydrogens is 408 g/mol. The fourth-order valence-corrected chi connectivity index (χ4v) is 3.86. The van der Waals surface area contributed by atoms with Gasteiger partial charge in [-0.1, -0.05) is 22.6 Å². The summed E-state index contributed by atoms with van der Waals surface area (Å²) in [6.45, 7) is -0.387. The fourth-order valence-electron chi connectivity index (χ4n) is 2.12. The summed E-state index contributed by atoms with van der Waals surface area (Å²) in [7, 11) is -5.57. The van der Waals surface area contributed by atoms with Crippen LogP contribution in [0.15, 0.2) is 59.6 Å². The second-order valence-corrected chi connectivity index (χ2v) is 9.31. The molecule has 0 atom stereocenters. The Hall–Kier alpha value is -2.67. The van der Waals surface area contributed by atoms with E-state index in [1.54, 1.807) is 24.3 Å². The van der Waals surface area contributed by atoms with E-state index in [0.717, 1.165) is 4.31 Å². The number of rotatable bonds is 6. The van der Waals surface area contributed by atoms with E-state index in [4.69, 9.17) is 8.92 Å². The van der Waals surface area contributed by atoms with Gasteiger partial charge >= 0.3 is 10.1 Å². The fraction of sp³-hybridized carbons (Fsp3) is 0.188. The third-order valence-electron chi connectivity index (χ3n) is 3.55. The predicted molar refractivity (Wildman–Crippen MR) is 102 cm³/mol. The number of benzene rings is 2. The van der Waals surface area contributed by atoms with Crippen molar-refractivity contribution in [3.63, 3.8) is 0 Å². The third-order valence-corrected chi connectivity index (χ3v) is 6.34. The van der Waals surface area contributed by atoms with Crippen LogP contribution in [0.5, 0.6) is 17.2 Å². The summed E-state index contributed by atoms with van der Waals surface area (Å²) in [6, 6.07) is 15.0. The van der Waals surface area contributed by atoms with Crippen LogP contribution in [-0.4, -0.2) is 51.5 Å². The number of nitrogens with zero attached hydrogens (tertiary/aromatic N) is 3. The molecule has 0 bridgehead atoms. The molecule has 0 aliphatic carbocycles. The molecule has 2 aromatic carbocycles. The first-order chi connectivity index (χ1) is 13.2. The standard InChI is InChI=1S/C16H18N4O6S2/c1-19(2)28(23,24)20-12-17-16(18-20)27(21,22)26-15-10-8-14(9-11-15)25-13-6-4-3-5-7-13/h3-11H,12H2,1-2H3,(H,17,18). The van der Waals surface area contributed by atoms with Crippen molar-refractivity contribution < 1.29 is 25.8 Å². The monoisotopic (exact) mass is 426 g/mol. The van der Waals surface area contributed by atoms with Crippen molar-refractivity contribution in [3.8, 4) is 17.2 Å². The quantitative estimate of drug-likeness (QED) is 0.688. The van der Waals surface area contributed by atoms with Gasteiger partial charge in [-0.25, -0.2) is 4.99 Å². The molecule has 2 aromatic rings. The van der Waals surface area contributed by atoms with E-state index >= 15 is 0 Å². The zero-order valence-electron chi connectivity index (χ0n) is 15.0. The number of hydrogen-bond acceptors (Lipinski definition) is 8. The maximum atomic E-state index is 12.3. The van der Waals surface area contributed by atoms with Crippen LogP contribution in [0, 0.1) is 0 Å². The number of hydrazine groups is 1. The molecule has 0 radical (unpaired) electrons. The van der Waals surface area contributed by atoms with Gasteiger partial charge in [0.15, 0.2) is 0 Å². The van der Waals surface area contributed by atoms with Crippen LogP contribution in [0.2, 0.25) is 0 Å². The minimum atomic E-state index is -4.33. The molecule has 0 unspecified atom stereocenters. The molecule has 1 heterocycles. The van der Waals surface area contributed by atoms with Gasteiger partial charge in [0.25, 0.3) is 15.4 Å². The summed E-state index contributed by atoms with van der Waals surface area (Å²) >= 11 is 0. The van der Waals surface area contributed by atoms with Crippen LogP contribution in [0.3, 0.4) is 0 Å². The molecule has 0 spiro atoms. The van der Waals surface area contributed by atoms with Crippen LogP contribution in [0.25, 0.3) is 0 Å². The lowest BCUT2D eigenvalue weighted by Gasteiger charge is -2.20. The zero-order chi connectivity index (χ0) is 20.4. The van der Waals surface area contributed by atoms with Gasteiger partial charge in [0.2, 0.25) is 0 Å². The summed E-state index contributed by atoms with van der Waals surface area (Å²) in [6.07, 6.45) is 0. The molecule has 12 heteroatoms. The van der Waals surface area contributed by atoms with Crippen molar-refractivity contribution >= 4 is 25.5 Å². The van der Waals surface area contributed by atoms with Crippen molar-refractivity contribution in [1.29, 1.82) is 0 Å². The van der Waals surface area contributed by atoms with E-state index in [9.17, 15) is 16.8 Å². The molecule has 1 aliphatic heterocycles. The SMILES string of the molecule is CN(C)S(=O)(=O)N1CN=C(S(=O)(=O)Oc2ccc(Oc3ccccc3)cc2)N1. The summed E-state index contributed by atoms with van der Waals surface area (Å²) in [4.78, 5) is 3.70. The molecule has 0 fully saturated rings. The molecule has 0 aromatic heterocycles. The highest BCUT2D eigenvalue weighted by molar-refractivity contribution is 8.02. The average molecular weight is 426 g/mol. The second-order valence-electron chi connectivity index (χ2n) is 5.78. The predicted octanol–water partition coefficient (Wildman–Crippen LogP) is 1.13. The third kappa shape index (κ3) is 4.42. The van der Waals surface area contributed by atoms with E-state index in [2.05, 4.69) is 10.4 Å². The smallest absolute Gasteiger partial charge is 0.374 e. The molecule has 28 heavy (non-hydrogen) atoms. The van der Waals surface area contributed by atoms with Crippen molar-refractivity contribution in [2.24, 2.45) is 4.99 Å². The minimum absolute atomic E-state index is 0.0267. The van der Waals surface area contributed by atoms with Crippen molar-refractivity contribution in [1.82, 2.24) is 14.1 Å². The highest BCUT2D eigenvalue weighted by Gasteiger charge is 2.35. The molecule has 150 valence electrons. The van der Waals surface area contributed by atoms with Crippen molar-refractivity contribution in [2.75, 3.05) is 20.8 Å². The number of amidine groups is 1. The van der Waals surface area contributed by atoms with E-state index in [-0.39, 0.29) is 12.4 Å². The summed E-state index contributed by atoms with van der Waals surface area (Å²) in [5.74, 6) is 1.16. The highest BCUT2D eigenvalue weighted by atomic mass is 32.2. The Bertz CT molecular complexity index is 1070. The number of ether oxygens (including phenoxy) is 1. The first-order valence-corrected chi connectivity index (χ1v) is 10.8. The molecule has 3 rings (SSSR count). The van der Waals surface area contributed by atoms with Gasteiger partial charge in [-0.05, 0) is 36.4 Å². The molecule has 0 saturated heterocycles. The van der Waals surface area contributed by atoms with Crippen LogP contribution >= 0.6 is 0 Å². The summed E-state index contributed by atoms with van der Waals surface area (Å²) in [5.41, 5.74) is 2.23. The maximum Gasteiger partial charge on any atom is 0.374 e. The van der Waals surface area contributed by atoms with Crippen LogP contribution in [0.4, 0.5) is 0 Å². The van der Waals surface area contributed by atoms with Gasteiger partial charge in [-0.15, -0.1) is 0 Å². The maximum absolute atomic E-state index is 12.3. The first-order valence-electron chi connectivity index (χ1n) is 7.97. The summed E-state index contributed by atoms with van der Waals surface area (Å²) in [5, 5.41) is -0.595. The molecular formula is C16H18N4O6S2. The largest absolute Gasteiger partial charge is 0.457 e. The number of nitrogens with one attached hydrogen (secondary N) is 1. The number of para-hydroxylation sites is 1. The lowest BCUT2D eigenvalue weighted by molar-refractivity contribution is 0.374. The average Bonchev–Trinajstić information content (AvgIpc) is 3.16. The van der Waals surface area contributed by atoms with E-state index in [0.29, 0.717) is 15.9 Å². The topological polar surface area (TPSA) is 118 Å². The van der Waals surface area contributed by atoms with Crippen molar-refractivity contribution in [2.45, 2.75) is 0 Å². The van der Waals surface area contributed by atoms with Gasteiger partial charge in [-0.2, -0.15) is 21.1 Å². The number of aliphatic imine (C=N–C) groups is 1. The van der Waals surface area contributed by atoms with Crippen LogP contribution in [-0.2, 0) is 20.3 Å². The molecule has 1 aliphatic rings. The Labute approximate surface area is 163 Å². The Balaban J connectivity index is 1.66. The molecule has 10 nitrogen and oxygen atoms in total. The Morgan fingerprint density at radius 1 is 0.929 bits per heavy atom. The zero-order valence-corrected chi connectivity index (χ0v) is 16.6. The van der Waals surface area contributed by atoms with Crippen molar-refractivity contribution in [3.05, 3.63) is 54.6 Å². The molecule has 0 saturated carbocycles. The van der Waals surface area contributed by atoms with Gasteiger partial charge in [0.1, 0.15) is 23.9 Å². The molecule has 0 amide bonds. The van der Waals surface area contributed by atoms with Gasteiger partial charge < -0.3 is 8.92 Å². The van der Waals surface area contributed by atoms with E-state index < -0.39 is 25.5 Å². The summed E-state index contributed by atoms with van der Waals surface area (Å²) < 4.78 is 61.0. The Kier molecular flexibility index (Phi) is 5.56. The van der Waals surface area contributed by atoms with Gasteiger partial charge in [0, 0.05) is 14.1 Å². The number of hydrogen-bond donors (Lipinski definition) is 1. The van der Waals surface area contributed by atoms with Gasteiger partial charge in [-0.3, -0.25) is 5.43 Å². The second kappa shape index (κ2) is 7.75. The Morgan fingerprint density at radius 3 is 2.11 bits per heavy atom. The Morgan fingerprint density at radius 2 is 1.50 bits per heavy atom. The van der Waals surface area contributed by atoms with Crippen LogP contribution < -0.4 is 14.3 Å². The molecule has 1 N–H and O–H groups in total. The first kappa shape index (κ1) is 20.1. The van der Waals surface area contributed by atoms with E-state index in [1.807, 2.05) is 18.2 Å².